The standard InChI is InChI=1S/C11H15F3N2O2S/c12-11(13,14)5-2-6-19(17,18)16-8-9-3-1-4-10(15)7-9/h1,3-4,7,16H,2,5-6,8,15H2. The highest BCUT2D eigenvalue weighted by atomic mass is 32.2. The lowest BCUT2D eigenvalue weighted by Crippen LogP contribution is -2.26. The van der Waals surface area contributed by atoms with Crippen LogP contribution in [0, 0.1) is 0 Å². The molecule has 0 amide bonds. The molecule has 0 saturated carbocycles. The number of anilines is 1. The number of nitrogen functional groups attached to an aromatic ring is 1. The number of halogens is 3. The normalized spacial score (nSPS) is 12.6. The Kier molecular flexibility index (Phi) is 5.19. The van der Waals surface area contributed by atoms with Crippen LogP contribution < -0.4 is 10.5 Å². The number of nitrogens with one attached hydrogen (secondary N) is 1. The first-order valence-electron chi connectivity index (χ1n) is 5.56. The number of sulfonamides is 1. The largest absolute Gasteiger partial charge is 0.399 e. The molecule has 0 fully saturated rings. The van der Waals surface area contributed by atoms with Gasteiger partial charge in [-0.2, -0.15) is 13.2 Å². The predicted molar refractivity (Wildman–Crippen MR) is 66.8 cm³/mol. The summed E-state index contributed by atoms with van der Waals surface area (Å²) in [6, 6.07) is 6.59. The zero-order chi connectivity index (χ0) is 14.5. The van der Waals surface area contributed by atoms with Gasteiger partial charge in [0.05, 0.1) is 5.75 Å². The molecule has 0 radical (unpaired) electrons. The fourth-order valence-corrected chi connectivity index (χ4v) is 2.49. The third kappa shape index (κ3) is 7.02. The molecule has 0 aliphatic heterocycles. The summed E-state index contributed by atoms with van der Waals surface area (Å²) in [5.74, 6) is -0.547. The molecule has 0 atom stereocenters. The van der Waals surface area contributed by atoms with Gasteiger partial charge in [-0.05, 0) is 24.1 Å². The van der Waals surface area contributed by atoms with Gasteiger partial charge in [0.25, 0.3) is 0 Å². The Morgan fingerprint density at radius 1 is 1.26 bits per heavy atom. The van der Waals surface area contributed by atoms with Crippen LogP contribution in [0.2, 0.25) is 0 Å². The van der Waals surface area contributed by atoms with E-state index in [1.54, 1.807) is 24.3 Å². The average Bonchev–Trinajstić information content (AvgIpc) is 2.24. The van der Waals surface area contributed by atoms with E-state index in [0.29, 0.717) is 11.3 Å². The van der Waals surface area contributed by atoms with Gasteiger partial charge in [0.15, 0.2) is 0 Å². The van der Waals surface area contributed by atoms with Gasteiger partial charge >= 0.3 is 6.18 Å². The quantitative estimate of drug-likeness (QED) is 0.789. The second kappa shape index (κ2) is 6.25. The Balaban J connectivity index is 2.43. The van der Waals surface area contributed by atoms with Gasteiger partial charge in [-0.25, -0.2) is 13.1 Å². The smallest absolute Gasteiger partial charge is 0.389 e. The van der Waals surface area contributed by atoms with E-state index in [1.807, 2.05) is 0 Å². The number of rotatable bonds is 6. The van der Waals surface area contributed by atoms with Crippen LogP contribution in [0.4, 0.5) is 18.9 Å². The van der Waals surface area contributed by atoms with Gasteiger partial charge in [0.2, 0.25) is 10.0 Å². The minimum Gasteiger partial charge on any atom is -0.399 e. The van der Waals surface area contributed by atoms with Crippen molar-refractivity contribution in [3.05, 3.63) is 29.8 Å². The van der Waals surface area contributed by atoms with Crippen LogP contribution in [0.1, 0.15) is 18.4 Å². The van der Waals surface area contributed by atoms with Crippen LogP contribution in [0.15, 0.2) is 24.3 Å². The third-order valence-corrected chi connectivity index (χ3v) is 3.73. The molecule has 8 heteroatoms. The third-order valence-electron chi connectivity index (χ3n) is 2.32. The van der Waals surface area contributed by atoms with Crippen LogP contribution in [0.3, 0.4) is 0 Å². The van der Waals surface area contributed by atoms with Crippen molar-refractivity contribution < 1.29 is 21.6 Å². The maximum absolute atomic E-state index is 11.9. The topological polar surface area (TPSA) is 72.2 Å². The van der Waals surface area contributed by atoms with E-state index in [9.17, 15) is 21.6 Å². The molecule has 0 bridgehead atoms. The summed E-state index contributed by atoms with van der Waals surface area (Å²) in [5.41, 5.74) is 6.67. The molecule has 0 aliphatic carbocycles. The Labute approximate surface area is 109 Å². The van der Waals surface area contributed by atoms with Crippen molar-refractivity contribution >= 4 is 15.7 Å². The fraction of sp³-hybridized carbons (Fsp3) is 0.455. The lowest BCUT2D eigenvalue weighted by atomic mass is 10.2. The van der Waals surface area contributed by atoms with Gasteiger partial charge in [-0.1, -0.05) is 12.1 Å². The van der Waals surface area contributed by atoms with Crippen molar-refractivity contribution in [1.29, 1.82) is 0 Å². The van der Waals surface area contributed by atoms with E-state index < -0.39 is 34.8 Å². The molecule has 3 N–H and O–H groups in total. The minimum atomic E-state index is -4.33. The first-order valence-corrected chi connectivity index (χ1v) is 7.22. The predicted octanol–water partition coefficient (Wildman–Crippen LogP) is 2.03. The molecule has 0 aliphatic rings. The number of nitrogens with two attached hydrogens (primary N) is 1. The number of benzene rings is 1. The zero-order valence-corrected chi connectivity index (χ0v) is 10.9. The summed E-state index contributed by atoms with van der Waals surface area (Å²) in [7, 11) is -3.71. The van der Waals surface area contributed by atoms with E-state index in [-0.39, 0.29) is 6.54 Å². The van der Waals surface area contributed by atoms with Gasteiger partial charge in [-0.15, -0.1) is 0 Å². The molecule has 0 saturated heterocycles. The molecule has 0 heterocycles. The highest BCUT2D eigenvalue weighted by molar-refractivity contribution is 7.89. The van der Waals surface area contributed by atoms with Crippen molar-refractivity contribution in [2.24, 2.45) is 0 Å². The summed E-state index contributed by atoms with van der Waals surface area (Å²) in [6.45, 7) is 0.0133. The van der Waals surface area contributed by atoms with Gasteiger partial charge in [-0.3, -0.25) is 0 Å². The Hall–Kier alpha value is -1.28. The molecular formula is C11H15F3N2O2S. The van der Waals surface area contributed by atoms with Crippen molar-refractivity contribution in [3.63, 3.8) is 0 Å². The van der Waals surface area contributed by atoms with Gasteiger partial charge < -0.3 is 5.73 Å². The van der Waals surface area contributed by atoms with Crippen LogP contribution in [-0.2, 0) is 16.6 Å². The highest BCUT2D eigenvalue weighted by Gasteiger charge is 2.27. The summed E-state index contributed by atoms with van der Waals surface area (Å²) in [5, 5.41) is 0. The second-order valence-corrected chi connectivity index (χ2v) is 6.03. The van der Waals surface area contributed by atoms with Crippen molar-refractivity contribution in [1.82, 2.24) is 4.72 Å². The van der Waals surface area contributed by atoms with Crippen LogP contribution in [0.5, 0.6) is 0 Å². The van der Waals surface area contributed by atoms with E-state index in [0.717, 1.165) is 0 Å². The summed E-state index contributed by atoms with van der Waals surface area (Å²) in [6.07, 6.45) is -5.88. The molecule has 1 rings (SSSR count). The van der Waals surface area contributed by atoms with Crippen molar-refractivity contribution in [2.45, 2.75) is 25.6 Å². The van der Waals surface area contributed by atoms with Gasteiger partial charge in [0, 0.05) is 18.7 Å². The Morgan fingerprint density at radius 3 is 2.53 bits per heavy atom. The molecule has 0 spiro atoms. The molecule has 0 aromatic heterocycles. The average molecular weight is 296 g/mol. The van der Waals surface area contributed by atoms with E-state index >= 15 is 0 Å². The number of hydrogen-bond acceptors (Lipinski definition) is 3. The summed E-state index contributed by atoms with van der Waals surface area (Å²) < 4.78 is 60.9. The molecular weight excluding hydrogens is 281 g/mol. The van der Waals surface area contributed by atoms with Gasteiger partial charge in [0.1, 0.15) is 0 Å². The van der Waals surface area contributed by atoms with Crippen molar-refractivity contribution in [3.8, 4) is 0 Å². The zero-order valence-electron chi connectivity index (χ0n) is 10.1. The fourth-order valence-electron chi connectivity index (χ4n) is 1.43. The summed E-state index contributed by atoms with van der Waals surface area (Å²) in [4.78, 5) is 0. The van der Waals surface area contributed by atoms with Crippen LogP contribution >= 0.6 is 0 Å². The maximum Gasteiger partial charge on any atom is 0.389 e. The van der Waals surface area contributed by atoms with E-state index in [1.165, 1.54) is 0 Å². The van der Waals surface area contributed by atoms with E-state index in [4.69, 9.17) is 5.73 Å². The number of hydrogen-bond donors (Lipinski definition) is 2. The minimum absolute atomic E-state index is 0.0133. The van der Waals surface area contributed by atoms with Crippen LogP contribution in [-0.4, -0.2) is 20.3 Å². The van der Waals surface area contributed by atoms with Crippen molar-refractivity contribution in [2.75, 3.05) is 11.5 Å². The molecule has 1 aromatic carbocycles. The first kappa shape index (κ1) is 15.8. The molecule has 0 unspecified atom stereocenters. The second-order valence-electron chi connectivity index (χ2n) is 4.10. The molecule has 108 valence electrons. The molecule has 4 nitrogen and oxygen atoms in total. The molecule has 19 heavy (non-hydrogen) atoms. The monoisotopic (exact) mass is 296 g/mol. The Bertz CT molecular complexity index is 515. The SMILES string of the molecule is Nc1cccc(CNS(=O)(=O)CCCC(F)(F)F)c1. The lowest BCUT2D eigenvalue weighted by molar-refractivity contribution is -0.134. The molecule has 1 aromatic rings. The lowest BCUT2D eigenvalue weighted by Gasteiger charge is -2.08. The first-order chi connectivity index (χ1) is 8.68. The summed E-state index contributed by atoms with van der Waals surface area (Å²) >= 11 is 0. The highest BCUT2D eigenvalue weighted by Crippen LogP contribution is 2.21. The van der Waals surface area contributed by atoms with Crippen LogP contribution in [0.25, 0.3) is 0 Å². The number of alkyl halides is 3. The maximum atomic E-state index is 11.9. The van der Waals surface area contributed by atoms with E-state index in [2.05, 4.69) is 4.72 Å². The Morgan fingerprint density at radius 2 is 1.95 bits per heavy atom.